The first-order valence-electron chi connectivity index (χ1n) is 9.61. The molecule has 6 nitrogen and oxygen atoms in total. The van der Waals surface area contributed by atoms with Gasteiger partial charge in [-0.05, 0) is 55.0 Å². The summed E-state index contributed by atoms with van der Waals surface area (Å²) in [6, 6.07) is 20.1. The summed E-state index contributed by atoms with van der Waals surface area (Å²) >= 11 is 10.8. The second kappa shape index (κ2) is 9.77. The van der Waals surface area contributed by atoms with Crippen molar-refractivity contribution in [1.82, 2.24) is 14.8 Å². The van der Waals surface area contributed by atoms with E-state index >= 15 is 0 Å². The van der Waals surface area contributed by atoms with E-state index in [9.17, 15) is 9.90 Å². The molecule has 0 spiro atoms. The fourth-order valence-electron chi connectivity index (χ4n) is 3.09. The number of anilines is 1. The zero-order valence-electron chi connectivity index (χ0n) is 16.9. The third-order valence-electron chi connectivity index (χ3n) is 4.72. The highest BCUT2D eigenvalue weighted by molar-refractivity contribution is 9.10. The molecule has 1 amide bonds. The van der Waals surface area contributed by atoms with Crippen LogP contribution in [0, 0.1) is 6.92 Å². The number of phenolic OH excluding ortho intramolecular Hbond substituents is 1. The molecule has 32 heavy (non-hydrogen) atoms. The Morgan fingerprint density at radius 3 is 2.69 bits per heavy atom. The van der Waals surface area contributed by atoms with Crippen LogP contribution in [0.5, 0.6) is 5.75 Å². The lowest BCUT2D eigenvalue weighted by Gasteiger charge is -2.12. The maximum absolute atomic E-state index is 12.6. The summed E-state index contributed by atoms with van der Waals surface area (Å²) in [6.07, 6.45) is 0. The van der Waals surface area contributed by atoms with Gasteiger partial charge in [0.15, 0.2) is 11.0 Å². The largest absolute Gasteiger partial charge is 0.507 e. The fourth-order valence-corrected chi connectivity index (χ4v) is 4.38. The lowest BCUT2D eigenvalue weighted by molar-refractivity contribution is -0.113. The van der Waals surface area contributed by atoms with Crippen LogP contribution in [-0.2, 0) is 4.79 Å². The van der Waals surface area contributed by atoms with Crippen LogP contribution in [0.15, 0.2) is 76.4 Å². The molecule has 1 aromatic heterocycles. The van der Waals surface area contributed by atoms with Crippen LogP contribution in [-0.4, -0.2) is 31.5 Å². The van der Waals surface area contributed by atoms with E-state index in [1.165, 1.54) is 11.8 Å². The van der Waals surface area contributed by atoms with Gasteiger partial charge >= 0.3 is 0 Å². The van der Waals surface area contributed by atoms with Crippen LogP contribution >= 0.6 is 39.3 Å². The number of thioether (sulfide) groups is 1. The van der Waals surface area contributed by atoms with Gasteiger partial charge in [-0.2, -0.15) is 0 Å². The lowest BCUT2D eigenvalue weighted by atomic mass is 10.2. The summed E-state index contributed by atoms with van der Waals surface area (Å²) in [4.78, 5) is 12.6. The molecule has 0 radical (unpaired) electrons. The van der Waals surface area contributed by atoms with Gasteiger partial charge in [-0.1, -0.05) is 63.6 Å². The van der Waals surface area contributed by atoms with Gasteiger partial charge in [0.1, 0.15) is 5.75 Å². The van der Waals surface area contributed by atoms with Crippen molar-refractivity contribution in [3.05, 3.63) is 81.8 Å². The minimum atomic E-state index is -0.185. The van der Waals surface area contributed by atoms with Crippen molar-refractivity contribution in [2.45, 2.75) is 12.1 Å². The van der Waals surface area contributed by atoms with Crippen molar-refractivity contribution < 1.29 is 9.90 Å². The molecule has 0 bridgehead atoms. The van der Waals surface area contributed by atoms with Gasteiger partial charge in [0.2, 0.25) is 5.91 Å². The monoisotopic (exact) mass is 528 g/mol. The Kier molecular flexibility index (Phi) is 6.83. The van der Waals surface area contributed by atoms with Crippen molar-refractivity contribution in [2.24, 2.45) is 0 Å². The lowest BCUT2D eigenvalue weighted by Crippen LogP contribution is -2.15. The van der Waals surface area contributed by atoms with E-state index in [4.69, 9.17) is 11.6 Å². The highest BCUT2D eigenvalue weighted by Gasteiger charge is 2.20. The maximum Gasteiger partial charge on any atom is 0.234 e. The molecule has 0 atom stereocenters. The number of amides is 1. The summed E-state index contributed by atoms with van der Waals surface area (Å²) in [5.74, 6) is 0.503. The number of carbonyl (C=O) groups excluding carboxylic acids is 1. The topological polar surface area (TPSA) is 80.0 Å². The molecular formula is C23H18BrClN4O2S. The zero-order chi connectivity index (χ0) is 22.7. The van der Waals surface area contributed by atoms with Gasteiger partial charge < -0.3 is 10.4 Å². The molecule has 0 saturated heterocycles. The van der Waals surface area contributed by atoms with Gasteiger partial charge in [0, 0.05) is 20.9 Å². The van der Waals surface area contributed by atoms with Gasteiger partial charge in [-0.25, -0.2) is 0 Å². The summed E-state index contributed by atoms with van der Waals surface area (Å²) in [6.45, 7) is 1.86. The first kappa shape index (κ1) is 22.4. The van der Waals surface area contributed by atoms with Crippen molar-refractivity contribution >= 4 is 50.9 Å². The van der Waals surface area contributed by atoms with Gasteiger partial charge in [-0.15, -0.1) is 10.2 Å². The number of hydrogen-bond donors (Lipinski definition) is 2. The molecule has 2 N–H and O–H groups in total. The van der Waals surface area contributed by atoms with Crippen LogP contribution < -0.4 is 5.32 Å². The summed E-state index contributed by atoms with van der Waals surface area (Å²) in [5, 5.41) is 23.0. The Balaban J connectivity index is 1.63. The standard InChI is InChI=1S/C23H18BrClN4O2S/c1-14-18(25)8-5-9-19(14)26-21(31)13-32-23-28-27-22(17-12-15(24)10-11-20(17)30)29(23)16-6-3-2-4-7-16/h2-12,30H,13H2,1H3,(H,26,31). The predicted octanol–water partition coefficient (Wildman–Crippen LogP) is 6.10. The molecule has 0 aliphatic carbocycles. The SMILES string of the molecule is Cc1c(Cl)cccc1NC(=O)CSc1nnc(-c2cc(Br)ccc2O)n1-c1ccccc1. The van der Waals surface area contributed by atoms with Gasteiger partial charge in [0.25, 0.3) is 0 Å². The van der Waals surface area contributed by atoms with E-state index in [2.05, 4.69) is 31.4 Å². The number of phenols is 1. The van der Waals surface area contributed by atoms with Crippen LogP contribution in [0.1, 0.15) is 5.56 Å². The number of nitrogens with one attached hydrogen (secondary N) is 1. The molecule has 162 valence electrons. The molecule has 4 rings (SSSR count). The molecule has 3 aromatic carbocycles. The Labute approximate surface area is 202 Å². The van der Waals surface area contributed by atoms with Crippen molar-refractivity contribution in [3.8, 4) is 22.8 Å². The first-order chi connectivity index (χ1) is 15.4. The number of hydrogen-bond acceptors (Lipinski definition) is 5. The number of para-hydroxylation sites is 1. The van der Waals surface area contributed by atoms with E-state index in [-0.39, 0.29) is 17.4 Å². The molecular weight excluding hydrogens is 512 g/mol. The zero-order valence-corrected chi connectivity index (χ0v) is 20.1. The minimum Gasteiger partial charge on any atom is -0.507 e. The van der Waals surface area contributed by atoms with Crippen molar-refractivity contribution in [1.29, 1.82) is 0 Å². The second-order valence-electron chi connectivity index (χ2n) is 6.89. The minimum absolute atomic E-state index is 0.0866. The molecule has 1 heterocycles. The number of carbonyl (C=O) groups is 1. The summed E-state index contributed by atoms with van der Waals surface area (Å²) in [7, 11) is 0. The molecule has 0 aliphatic heterocycles. The van der Waals surface area contributed by atoms with Crippen LogP contribution in [0.3, 0.4) is 0 Å². The first-order valence-corrected chi connectivity index (χ1v) is 11.8. The number of benzene rings is 3. The number of nitrogens with zero attached hydrogens (tertiary/aromatic N) is 3. The highest BCUT2D eigenvalue weighted by atomic mass is 79.9. The number of rotatable bonds is 6. The Morgan fingerprint density at radius 1 is 1.12 bits per heavy atom. The average Bonchev–Trinajstić information content (AvgIpc) is 3.21. The van der Waals surface area contributed by atoms with E-state index in [0.717, 1.165) is 15.7 Å². The molecule has 0 unspecified atom stereocenters. The van der Waals surface area contributed by atoms with Gasteiger partial charge in [0.05, 0.1) is 11.3 Å². The Hall–Kier alpha value is -2.81. The quantitative estimate of drug-likeness (QED) is 0.295. The molecule has 4 aromatic rings. The molecule has 0 saturated carbocycles. The predicted molar refractivity (Wildman–Crippen MR) is 132 cm³/mol. The highest BCUT2D eigenvalue weighted by Crippen LogP contribution is 2.34. The second-order valence-corrected chi connectivity index (χ2v) is 9.15. The summed E-state index contributed by atoms with van der Waals surface area (Å²) < 4.78 is 2.63. The normalized spacial score (nSPS) is 10.8. The van der Waals surface area contributed by atoms with Crippen LogP contribution in [0.25, 0.3) is 17.1 Å². The molecule has 0 aliphatic rings. The third kappa shape index (κ3) is 4.82. The summed E-state index contributed by atoms with van der Waals surface area (Å²) in [5.41, 5.74) is 2.84. The smallest absolute Gasteiger partial charge is 0.234 e. The number of halogens is 2. The number of aromatic hydroxyl groups is 1. The Morgan fingerprint density at radius 2 is 1.91 bits per heavy atom. The van der Waals surface area contributed by atoms with E-state index in [1.807, 2.05) is 47.9 Å². The average molecular weight is 530 g/mol. The number of aromatic nitrogens is 3. The third-order valence-corrected chi connectivity index (χ3v) is 6.55. The van der Waals surface area contributed by atoms with Crippen LogP contribution in [0.2, 0.25) is 5.02 Å². The fraction of sp³-hybridized carbons (Fsp3) is 0.0870. The van der Waals surface area contributed by atoms with Crippen molar-refractivity contribution in [3.63, 3.8) is 0 Å². The Bertz CT molecular complexity index is 1280. The van der Waals surface area contributed by atoms with E-state index in [0.29, 0.717) is 27.3 Å². The van der Waals surface area contributed by atoms with Crippen molar-refractivity contribution in [2.75, 3.05) is 11.1 Å². The van der Waals surface area contributed by atoms with E-state index in [1.54, 1.807) is 30.3 Å². The molecule has 9 heteroatoms. The van der Waals surface area contributed by atoms with Gasteiger partial charge in [-0.3, -0.25) is 9.36 Å². The maximum atomic E-state index is 12.6. The van der Waals surface area contributed by atoms with Crippen LogP contribution in [0.4, 0.5) is 5.69 Å². The molecule has 0 fully saturated rings. The van der Waals surface area contributed by atoms with E-state index < -0.39 is 0 Å².